The molecule has 0 aliphatic heterocycles. The van der Waals surface area contributed by atoms with Crippen LogP contribution in [-0.2, 0) is 0 Å². The molecule has 3 N–H and O–H groups in total. The third kappa shape index (κ3) is 2.30. The van der Waals surface area contributed by atoms with Crippen LogP contribution < -0.4 is 11.3 Å². The summed E-state index contributed by atoms with van der Waals surface area (Å²) in [5, 5.41) is 0. The zero-order chi connectivity index (χ0) is 12.1. The minimum absolute atomic E-state index is 0.0411. The summed E-state index contributed by atoms with van der Waals surface area (Å²) in [6, 6.07) is 4.31. The van der Waals surface area contributed by atoms with Gasteiger partial charge in [0.1, 0.15) is 5.82 Å². The molecule has 0 spiro atoms. The van der Waals surface area contributed by atoms with Crippen LogP contribution in [0.2, 0.25) is 0 Å². The van der Waals surface area contributed by atoms with E-state index >= 15 is 0 Å². The van der Waals surface area contributed by atoms with Crippen molar-refractivity contribution in [3.63, 3.8) is 0 Å². The van der Waals surface area contributed by atoms with E-state index in [-0.39, 0.29) is 17.2 Å². The maximum Gasteiger partial charge on any atom is 0.256 e. The van der Waals surface area contributed by atoms with Gasteiger partial charge in [-0.25, -0.2) is 4.39 Å². The molecule has 0 unspecified atom stereocenters. The number of nitrogens with two attached hydrogens (primary N) is 1. The predicted molar refractivity (Wildman–Crippen MR) is 61.5 cm³/mol. The minimum Gasteiger partial charge on any atom is -0.339 e. The highest BCUT2D eigenvalue weighted by atomic mass is 19.1. The highest BCUT2D eigenvalue weighted by Crippen LogP contribution is 2.20. The number of anilines is 1. The molecule has 1 amide bonds. The topological polar surface area (TPSA) is 58.4 Å². The number of para-hydroxylation sites is 1. The van der Waals surface area contributed by atoms with E-state index in [2.05, 4.69) is 5.43 Å². The van der Waals surface area contributed by atoms with E-state index in [4.69, 9.17) is 5.84 Å². The van der Waals surface area contributed by atoms with Crippen LogP contribution in [0.4, 0.5) is 10.1 Å². The van der Waals surface area contributed by atoms with Gasteiger partial charge >= 0.3 is 0 Å². The molecule has 0 saturated carbocycles. The van der Waals surface area contributed by atoms with E-state index in [1.165, 1.54) is 12.1 Å². The van der Waals surface area contributed by atoms with Crippen LogP contribution in [0.25, 0.3) is 0 Å². The molecule has 0 radical (unpaired) electrons. The fraction of sp³-hybridized carbons (Fsp3) is 0.364. The zero-order valence-corrected chi connectivity index (χ0v) is 9.46. The van der Waals surface area contributed by atoms with Gasteiger partial charge in [0.25, 0.3) is 5.91 Å². The Labute approximate surface area is 94.2 Å². The molecule has 0 aliphatic carbocycles. The number of carbonyl (C=O) groups excluding carboxylic acids is 1. The lowest BCUT2D eigenvalue weighted by Gasteiger charge is -2.20. The molecule has 1 aromatic carbocycles. The van der Waals surface area contributed by atoms with Crippen LogP contribution in [-0.4, -0.2) is 23.9 Å². The fourth-order valence-corrected chi connectivity index (χ4v) is 1.53. The lowest BCUT2D eigenvalue weighted by atomic mass is 10.1. The lowest BCUT2D eigenvalue weighted by Crippen LogP contribution is -2.31. The summed E-state index contributed by atoms with van der Waals surface area (Å²) in [4.78, 5) is 13.6. The van der Waals surface area contributed by atoms with Crippen molar-refractivity contribution in [1.82, 2.24) is 4.90 Å². The van der Waals surface area contributed by atoms with Gasteiger partial charge in [0.05, 0.1) is 11.3 Å². The maximum atomic E-state index is 13.4. The highest BCUT2D eigenvalue weighted by molar-refractivity contribution is 5.99. The molecule has 5 heteroatoms. The first-order chi connectivity index (χ1) is 7.65. The molecular formula is C11H16FN3O. The predicted octanol–water partition coefficient (Wildman–Crippen LogP) is 1.59. The van der Waals surface area contributed by atoms with Gasteiger partial charge in [-0.15, -0.1) is 0 Å². The normalized spacial score (nSPS) is 10.0. The summed E-state index contributed by atoms with van der Waals surface area (Å²) in [7, 11) is 0. The molecule has 16 heavy (non-hydrogen) atoms. The first kappa shape index (κ1) is 12.4. The minimum atomic E-state index is -0.527. The van der Waals surface area contributed by atoms with Crippen LogP contribution >= 0.6 is 0 Å². The summed E-state index contributed by atoms with van der Waals surface area (Å²) in [5.74, 6) is 4.46. The Morgan fingerprint density at radius 1 is 1.44 bits per heavy atom. The standard InChI is InChI=1S/C11H16FN3O/c1-3-15(4-2)11(16)8-6-5-7-9(12)10(8)14-13/h5-7,14H,3-4,13H2,1-2H3. The van der Waals surface area contributed by atoms with Gasteiger partial charge in [-0.05, 0) is 26.0 Å². The number of nitrogens with zero attached hydrogens (tertiary/aromatic N) is 1. The summed E-state index contributed by atoms with van der Waals surface area (Å²) in [6.45, 7) is 4.90. The average molecular weight is 225 g/mol. The van der Waals surface area contributed by atoms with Gasteiger partial charge in [0, 0.05) is 13.1 Å². The van der Waals surface area contributed by atoms with Crippen molar-refractivity contribution in [2.75, 3.05) is 18.5 Å². The summed E-state index contributed by atoms with van der Waals surface area (Å²) >= 11 is 0. The number of nitrogen functional groups attached to an aromatic ring is 1. The second-order valence-electron chi connectivity index (χ2n) is 3.28. The van der Waals surface area contributed by atoms with Gasteiger partial charge in [0.2, 0.25) is 0 Å². The zero-order valence-electron chi connectivity index (χ0n) is 9.46. The second-order valence-corrected chi connectivity index (χ2v) is 3.28. The van der Waals surface area contributed by atoms with Crippen molar-refractivity contribution < 1.29 is 9.18 Å². The lowest BCUT2D eigenvalue weighted by molar-refractivity contribution is 0.0773. The third-order valence-electron chi connectivity index (χ3n) is 2.44. The summed E-state index contributed by atoms with van der Waals surface area (Å²) in [6.07, 6.45) is 0. The Morgan fingerprint density at radius 2 is 2.06 bits per heavy atom. The second kappa shape index (κ2) is 5.46. The molecule has 0 saturated heterocycles. The van der Waals surface area contributed by atoms with E-state index < -0.39 is 5.82 Å². The SMILES string of the molecule is CCN(CC)C(=O)c1cccc(F)c1NN. The molecule has 0 bridgehead atoms. The molecule has 0 heterocycles. The molecule has 0 fully saturated rings. The van der Waals surface area contributed by atoms with Crippen molar-refractivity contribution in [2.24, 2.45) is 5.84 Å². The fourth-order valence-electron chi connectivity index (χ4n) is 1.53. The number of hydrazine groups is 1. The number of benzene rings is 1. The van der Waals surface area contributed by atoms with Crippen LogP contribution in [0.3, 0.4) is 0 Å². The maximum absolute atomic E-state index is 13.4. The number of amides is 1. The number of hydrogen-bond acceptors (Lipinski definition) is 3. The van der Waals surface area contributed by atoms with Gasteiger partial charge in [-0.3, -0.25) is 10.6 Å². The first-order valence-electron chi connectivity index (χ1n) is 5.20. The van der Waals surface area contributed by atoms with Crippen molar-refractivity contribution in [3.05, 3.63) is 29.6 Å². The van der Waals surface area contributed by atoms with Crippen molar-refractivity contribution in [1.29, 1.82) is 0 Å². The number of halogens is 1. The largest absolute Gasteiger partial charge is 0.339 e. The number of nitrogens with one attached hydrogen (secondary N) is 1. The molecule has 0 aliphatic rings. The van der Waals surface area contributed by atoms with Crippen molar-refractivity contribution in [2.45, 2.75) is 13.8 Å². The molecule has 1 aromatic rings. The third-order valence-corrected chi connectivity index (χ3v) is 2.44. The van der Waals surface area contributed by atoms with E-state index in [0.29, 0.717) is 13.1 Å². The van der Waals surface area contributed by atoms with E-state index in [9.17, 15) is 9.18 Å². The molecule has 0 atom stereocenters. The monoisotopic (exact) mass is 225 g/mol. The van der Waals surface area contributed by atoms with Gasteiger partial charge in [0.15, 0.2) is 0 Å². The Kier molecular flexibility index (Phi) is 4.25. The quantitative estimate of drug-likeness (QED) is 0.604. The van der Waals surface area contributed by atoms with Gasteiger partial charge in [-0.2, -0.15) is 0 Å². The highest BCUT2D eigenvalue weighted by Gasteiger charge is 2.18. The first-order valence-corrected chi connectivity index (χ1v) is 5.20. The molecule has 0 aromatic heterocycles. The van der Waals surface area contributed by atoms with Crippen LogP contribution in [0.1, 0.15) is 24.2 Å². The number of hydrogen-bond donors (Lipinski definition) is 2. The van der Waals surface area contributed by atoms with Crippen LogP contribution in [0, 0.1) is 5.82 Å². The van der Waals surface area contributed by atoms with E-state index in [1.54, 1.807) is 11.0 Å². The Balaban J connectivity index is 3.12. The van der Waals surface area contributed by atoms with Crippen LogP contribution in [0.15, 0.2) is 18.2 Å². The van der Waals surface area contributed by atoms with Gasteiger partial charge < -0.3 is 10.3 Å². The van der Waals surface area contributed by atoms with Crippen LogP contribution in [0.5, 0.6) is 0 Å². The van der Waals surface area contributed by atoms with Crippen molar-refractivity contribution >= 4 is 11.6 Å². The van der Waals surface area contributed by atoms with Crippen molar-refractivity contribution in [3.8, 4) is 0 Å². The molecule has 4 nitrogen and oxygen atoms in total. The summed E-state index contributed by atoms with van der Waals surface area (Å²) < 4.78 is 13.4. The Morgan fingerprint density at radius 3 is 2.56 bits per heavy atom. The Bertz CT molecular complexity index is 377. The van der Waals surface area contributed by atoms with E-state index in [1.807, 2.05) is 13.8 Å². The number of rotatable bonds is 4. The Hall–Kier alpha value is -1.62. The summed E-state index contributed by atoms with van der Waals surface area (Å²) in [5.41, 5.74) is 2.52. The molecule has 88 valence electrons. The number of carbonyl (C=O) groups is 1. The smallest absolute Gasteiger partial charge is 0.256 e. The van der Waals surface area contributed by atoms with Gasteiger partial charge in [-0.1, -0.05) is 6.07 Å². The molecule has 1 rings (SSSR count). The molecular weight excluding hydrogens is 209 g/mol. The van der Waals surface area contributed by atoms with E-state index in [0.717, 1.165) is 0 Å². The average Bonchev–Trinajstić information content (AvgIpc) is 2.30.